The molecule has 80 valence electrons. The number of nitrogens with zero attached hydrogens (tertiary/aromatic N) is 3. The number of hydrogen-bond donors (Lipinski definition) is 0. The van der Waals surface area contributed by atoms with E-state index < -0.39 is 10.0 Å². The van der Waals surface area contributed by atoms with Gasteiger partial charge in [0, 0.05) is 31.2 Å². The SMILES string of the molecule is CC#CS(=O)(=O)N(CCC#N)CCC#N. The second kappa shape index (κ2) is 6.84. The lowest BCUT2D eigenvalue weighted by Crippen LogP contribution is -2.31. The van der Waals surface area contributed by atoms with Crippen LogP contribution in [0.2, 0.25) is 0 Å². The van der Waals surface area contributed by atoms with Gasteiger partial charge < -0.3 is 0 Å². The van der Waals surface area contributed by atoms with Crippen LogP contribution >= 0.6 is 0 Å². The third-order valence-corrected chi connectivity index (χ3v) is 3.02. The summed E-state index contributed by atoms with van der Waals surface area (Å²) in [5.41, 5.74) is 0. The smallest absolute Gasteiger partial charge is 0.198 e. The standard InChI is InChI=1S/C9H11N3O2S/c1-2-9-15(13,14)12(7-3-5-10)8-4-6-11/h3-4,7-8H2,1H3. The summed E-state index contributed by atoms with van der Waals surface area (Å²) in [4.78, 5) is 0. The third kappa shape index (κ3) is 5.02. The van der Waals surface area contributed by atoms with E-state index in [1.54, 1.807) is 0 Å². The van der Waals surface area contributed by atoms with Gasteiger partial charge in [-0.3, -0.25) is 0 Å². The number of hydrogen-bond acceptors (Lipinski definition) is 4. The van der Waals surface area contributed by atoms with Crippen LogP contribution in [0.5, 0.6) is 0 Å². The zero-order valence-electron chi connectivity index (χ0n) is 8.39. The van der Waals surface area contributed by atoms with Crippen LogP contribution in [0.15, 0.2) is 0 Å². The molecule has 0 spiro atoms. The maximum Gasteiger partial charge on any atom is 0.282 e. The van der Waals surface area contributed by atoms with Crippen LogP contribution in [0.3, 0.4) is 0 Å². The van der Waals surface area contributed by atoms with Crippen LogP contribution in [-0.4, -0.2) is 25.8 Å². The van der Waals surface area contributed by atoms with Gasteiger partial charge in [0.2, 0.25) is 0 Å². The first kappa shape index (κ1) is 13.4. The van der Waals surface area contributed by atoms with Crippen molar-refractivity contribution in [1.82, 2.24) is 4.31 Å². The molecule has 15 heavy (non-hydrogen) atoms. The van der Waals surface area contributed by atoms with Gasteiger partial charge in [-0.2, -0.15) is 23.2 Å². The van der Waals surface area contributed by atoms with E-state index in [4.69, 9.17) is 10.5 Å². The molecule has 6 heteroatoms. The Hall–Kier alpha value is -1.55. The maximum absolute atomic E-state index is 11.5. The molecule has 0 unspecified atom stereocenters. The van der Waals surface area contributed by atoms with Gasteiger partial charge in [0.1, 0.15) is 0 Å². The third-order valence-electron chi connectivity index (χ3n) is 1.52. The topological polar surface area (TPSA) is 85.0 Å². The molecule has 0 aromatic heterocycles. The Morgan fingerprint density at radius 2 is 1.60 bits per heavy atom. The van der Waals surface area contributed by atoms with E-state index >= 15 is 0 Å². The van der Waals surface area contributed by atoms with E-state index in [0.29, 0.717) is 0 Å². The largest absolute Gasteiger partial charge is 0.282 e. The van der Waals surface area contributed by atoms with Crippen molar-refractivity contribution in [3.05, 3.63) is 0 Å². The molecule has 0 saturated carbocycles. The summed E-state index contributed by atoms with van der Waals surface area (Å²) in [6.45, 7) is 1.58. The van der Waals surface area contributed by atoms with Crippen LogP contribution in [0, 0.1) is 33.8 Å². The lowest BCUT2D eigenvalue weighted by molar-refractivity contribution is 0.433. The summed E-state index contributed by atoms with van der Waals surface area (Å²) in [6.07, 6.45) is 0.187. The van der Waals surface area contributed by atoms with Crippen molar-refractivity contribution in [2.45, 2.75) is 19.8 Å². The fourth-order valence-electron chi connectivity index (χ4n) is 0.895. The van der Waals surface area contributed by atoms with Gasteiger partial charge in [-0.05, 0) is 6.92 Å². The van der Waals surface area contributed by atoms with Crippen molar-refractivity contribution < 1.29 is 8.42 Å². The lowest BCUT2D eigenvalue weighted by Gasteiger charge is -2.15. The van der Waals surface area contributed by atoms with Crippen molar-refractivity contribution in [1.29, 1.82) is 10.5 Å². The van der Waals surface area contributed by atoms with Gasteiger partial charge in [-0.15, -0.1) is 0 Å². The molecule has 0 aromatic rings. The Bertz CT molecular complexity index is 413. The minimum Gasteiger partial charge on any atom is -0.198 e. The van der Waals surface area contributed by atoms with Gasteiger partial charge in [0.15, 0.2) is 0 Å². The maximum atomic E-state index is 11.5. The Morgan fingerprint density at radius 3 is 1.93 bits per heavy atom. The highest BCUT2D eigenvalue weighted by Gasteiger charge is 2.18. The first-order valence-electron chi connectivity index (χ1n) is 4.26. The highest BCUT2D eigenvalue weighted by molar-refractivity contribution is 7.93. The predicted octanol–water partition coefficient (Wildman–Crippen LogP) is 0.426. The van der Waals surface area contributed by atoms with Crippen molar-refractivity contribution in [3.8, 4) is 23.3 Å². The van der Waals surface area contributed by atoms with Crippen LogP contribution in [0.1, 0.15) is 19.8 Å². The van der Waals surface area contributed by atoms with Crippen molar-refractivity contribution in [2.24, 2.45) is 0 Å². The fourth-order valence-corrected chi connectivity index (χ4v) is 1.95. The van der Waals surface area contributed by atoms with Gasteiger partial charge in [0.25, 0.3) is 10.0 Å². The summed E-state index contributed by atoms with van der Waals surface area (Å²) in [6, 6.07) is 3.70. The van der Waals surface area contributed by atoms with Crippen LogP contribution in [0.4, 0.5) is 0 Å². The van der Waals surface area contributed by atoms with E-state index in [1.165, 1.54) is 6.92 Å². The quantitative estimate of drug-likeness (QED) is 0.635. The van der Waals surface area contributed by atoms with Gasteiger partial charge in [-0.25, -0.2) is 0 Å². The van der Waals surface area contributed by atoms with E-state index in [9.17, 15) is 8.42 Å². The molecule has 0 N–H and O–H groups in total. The molecular weight excluding hydrogens is 214 g/mol. The first-order chi connectivity index (χ1) is 7.08. The van der Waals surface area contributed by atoms with Crippen molar-refractivity contribution in [2.75, 3.05) is 13.1 Å². The summed E-state index contributed by atoms with van der Waals surface area (Å²) >= 11 is 0. The van der Waals surface area contributed by atoms with E-state index in [1.807, 2.05) is 12.1 Å². The summed E-state index contributed by atoms with van der Waals surface area (Å²) in [5, 5.41) is 18.8. The Balaban J connectivity index is 4.69. The Labute approximate surface area is 90.0 Å². The molecule has 0 amide bonds. The molecule has 0 heterocycles. The lowest BCUT2D eigenvalue weighted by atomic mass is 10.4. The minimum absolute atomic E-state index is 0.0786. The molecule has 0 rings (SSSR count). The minimum atomic E-state index is -3.65. The summed E-state index contributed by atoms with van der Waals surface area (Å²) in [5.74, 6) is 2.30. The fraction of sp³-hybridized carbons (Fsp3) is 0.556. The summed E-state index contributed by atoms with van der Waals surface area (Å²) in [7, 11) is -3.65. The van der Waals surface area contributed by atoms with E-state index in [-0.39, 0.29) is 25.9 Å². The average molecular weight is 225 g/mol. The Morgan fingerprint density at radius 1 is 1.13 bits per heavy atom. The molecule has 0 aromatic carbocycles. The van der Waals surface area contributed by atoms with Gasteiger partial charge in [-0.1, -0.05) is 5.92 Å². The molecule has 0 fully saturated rings. The number of nitriles is 2. The molecule has 5 nitrogen and oxygen atoms in total. The van der Waals surface area contributed by atoms with E-state index in [0.717, 1.165) is 4.31 Å². The molecule has 0 atom stereocenters. The number of sulfonamides is 1. The molecule has 0 bridgehead atoms. The van der Waals surface area contributed by atoms with Gasteiger partial charge >= 0.3 is 0 Å². The molecular formula is C9H11N3O2S. The highest BCUT2D eigenvalue weighted by Crippen LogP contribution is 2.02. The second-order valence-corrected chi connectivity index (χ2v) is 4.24. The zero-order chi connectivity index (χ0) is 11.7. The van der Waals surface area contributed by atoms with Gasteiger partial charge in [0.05, 0.1) is 12.1 Å². The molecule has 0 saturated heterocycles. The average Bonchev–Trinajstić information content (AvgIpc) is 2.17. The normalized spacial score (nSPS) is 9.87. The van der Waals surface area contributed by atoms with E-state index in [2.05, 4.69) is 11.2 Å². The molecule has 0 aliphatic rings. The predicted molar refractivity (Wildman–Crippen MR) is 54.4 cm³/mol. The van der Waals surface area contributed by atoms with Crippen molar-refractivity contribution in [3.63, 3.8) is 0 Å². The summed E-state index contributed by atoms with van der Waals surface area (Å²) < 4.78 is 24.0. The molecule has 0 aliphatic carbocycles. The van der Waals surface area contributed by atoms with Crippen molar-refractivity contribution >= 4 is 10.0 Å². The zero-order valence-corrected chi connectivity index (χ0v) is 9.21. The highest BCUT2D eigenvalue weighted by atomic mass is 32.2. The van der Waals surface area contributed by atoms with Crippen LogP contribution in [0.25, 0.3) is 0 Å². The number of rotatable bonds is 5. The van der Waals surface area contributed by atoms with Crippen LogP contribution in [-0.2, 0) is 10.0 Å². The molecule has 0 aliphatic heterocycles. The molecule has 0 radical (unpaired) electrons. The van der Waals surface area contributed by atoms with Crippen LogP contribution < -0.4 is 0 Å². The monoisotopic (exact) mass is 225 g/mol. The second-order valence-electron chi connectivity index (χ2n) is 2.57. The first-order valence-corrected chi connectivity index (χ1v) is 5.70. The Kier molecular flexibility index (Phi) is 6.13.